The summed E-state index contributed by atoms with van der Waals surface area (Å²) in [6.07, 6.45) is 4.90. The van der Waals surface area contributed by atoms with E-state index in [0.717, 1.165) is 5.56 Å². The van der Waals surface area contributed by atoms with Crippen LogP contribution in [0.3, 0.4) is 0 Å². The maximum Gasteiger partial charge on any atom is 0.251 e. The van der Waals surface area contributed by atoms with Crippen molar-refractivity contribution in [3.63, 3.8) is 0 Å². The summed E-state index contributed by atoms with van der Waals surface area (Å²) in [5.41, 5.74) is 2.72. The molecule has 1 atom stereocenters. The van der Waals surface area contributed by atoms with Crippen LogP contribution in [0.2, 0.25) is 5.02 Å². The van der Waals surface area contributed by atoms with Gasteiger partial charge in [0.1, 0.15) is 4.91 Å². The molecule has 6 nitrogen and oxygen atoms in total. The second-order valence-electron chi connectivity index (χ2n) is 6.92. The number of anilines is 1. The first-order chi connectivity index (χ1) is 14.9. The standard InChI is InChI=1S/C23H18ClN3O3S/c1-27-20-8-7-17(23(29)26-14-16-5-3-9-25-13-16)12-19(20)22(28)21(31(27)30)11-15-4-2-6-18(24)10-15/h2-13H,14H2,1H3,(H,26,29)/b21-11-. The van der Waals surface area contributed by atoms with Crippen molar-refractivity contribution in [2.45, 2.75) is 6.54 Å². The molecule has 3 aromatic rings. The van der Waals surface area contributed by atoms with Gasteiger partial charge in [0.15, 0.2) is 11.0 Å². The number of fused-ring (bicyclic) bond motifs is 1. The maximum absolute atomic E-state index is 13.2. The number of benzene rings is 2. The predicted octanol–water partition coefficient (Wildman–Crippen LogP) is 4.00. The lowest BCUT2D eigenvalue weighted by molar-refractivity contribution is 0.0951. The van der Waals surface area contributed by atoms with Gasteiger partial charge >= 0.3 is 0 Å². The summed E-state index contributed by atoms with van der Waals surface area (Å²) in [6, 6.07) is 15.4. The number of carbonyl (C=O) groups is 2. The van der Waals surface area contributed by atoms with Gasteiger partial charge in [-0.25, -0.2) is 4.21 Å². The minimum Gasteiger partial charge on any atom is -0.348 e. The lowest BCUT2D eigenvalue weighted by atomic mass is 10.0. The van der Waals surface area contributed by atoms with Crippen LogP contribution in [-0.2, 0) is 17.5 Å². The fourth-order valence-electron chi connectivity index (χ4n) is 3.23. The van der Waals surface area contributed by atoms with Crippen molar-refractivity contribution in [3.8, 4) is 0 Å². The van der Waals surface area contributed by atoms with E-state index >= 15 is 0 Å². The molecule has 0 saturated carbocycles. The third-order valence-corrected chi connectivity index (χ3v) is 6.43. The first kappa shape index (κ1) is 21.0. The maximum atomic E-state index is 13.2. The Balaban J connectivity index is 1.63. The molecule has 31 heavy (non-hydrogen) atoms. The van der Waals surface area contributed by atoms with Crippen LogP contribution in [0, 0.1) is 0 Å². The molecular weight excluding hydrogens is 434 g/mol. The smallest absolute Gasteiger partial charge is 0.251 e. The van der Waals surface area contributed by atoms with Crippen molar-refractivity contribution >= 4 is 46.0 Å². The summed E-state index contributed by atoms with van der Waals surface area (Å²) >= 11 is 6.03. The molecule has 156 valence electrons. The van der Waals surface area contributed by atoms with Crippen molar-refractivity contribution in [1.82, 2.24) is 10.3 Å². The molecular formula is C23H18ClN3O3S. The van der Waals surface area contributed by atoms with Crippen LogP contribution in [0.25, 0.3) is 6.08 Å². The van der Waals surface area contributed by atoms with Gasteiger partial charge in [-0.2, -0.15) is 0 Å². The van der Waals surface area contributed by atoms with Gasteiger partial charge in [-0.15, -0.1) is 0 Å². The Kier molecular flexibility index (Phi) is 5.97. The van der Waals surface area contributed by atoms with Crippen LogP contribution in [0.4, 0.5) is 5.69 Å². The Hall–Kier alpha value is -3.29. The first-order valence-electron chi connectivity index (χ1n) is 9.43. The molecule has 0 fully saturated rings. The molecule has 4 rings (SSSR count). The fraction of sp³-hybridized carbons (Fsp3) is 0.0870. The van der Waals surface area contributed by atoms with E-state index in [-0.39, 0.29) is 16.6 Å². The molecule has 1 amide bonds. The lowest BCUT2D eigenvalue weighted by Crippen LogP contribution is -2.32. The van der Waals surface area contributed by atoms with Crippen molar-refractivity contribution in [3.05, 3.63) is 99.2 Å². The lowest BCUT2D eigenvalue weighted by Gasteiger charge is -2.27. The molecule has 0 radical (unpaired) electrons. The largest absolute Gasteiger partial charge is 0.348 e. The Morgan fingerprint density at radius 2 is 2.03 bits per heavy atom. The van der Waals surface area contributed by atoms with E-state index in [2.05, 4.69) is 10.3 Å². The molecule has 8 heteroatoms. The highest BCUT2D eigenvalue weighted by Gasteiger charge is 2.32. The molecule has 2 heterocycles. The number of amides is 1. The van der Waals surface area contributed by atoms with Crippen molar-refractivity contribution in [1.29, 1.82) is 0 Å². The molecule has 0 aliphatic carbocycles. The van der Waals surface area contributed by atoms with Crippen molar-refractivity contribution in [2.75, 3.05) is 11.4 Å². The number of Topliss-reactive ketones (excluding diaryl/α,β-unsaturated/α-hetero) is 1. The number of halogens is 1. The summed E-state index contributed by atoms with van der Waals surface area (Å²) in [7, 11) is -0.0245. The van der Waals surface area contributed by atoms with Crippen LogP contribution in [-0.4, -0.2) is 27.9 Å². The van der Waals surface area contributed by atoms with Gasteiger partial charge < -0.3 is 5.32 Å². The minimum absolute atomic E-state index is 0.130. The predicted molar refractivity (Wildman–Crippen MR) is 122 cm³/mol. The number of nitrogens with zero attached hydrogens (tertiary/aromatic N) is 2. The van der Waals surface area contributed by atoms with E-state index < -0.39 is 11.0 Å². The Bertz CT molecular complexity index is 1230. The van der Waals surface area contributed by atoms with Crippen LogP contribution < -0.4 is 9.62 Å². The molecule has 1 aliphatic heterocycles. The third-order valence-electron chi connectivity index (χ3n) is 4.83. The molecule has 1 unspecified atom stereocenters. The van der Waals surface area contributed by atoms with Crippen LogP contribution in [0.5, 0.6) is 0 Å². The highest BCUT2D eigenvalue weighted by atomic mass is 35.5. The SMILES string of the molecule is CN1c2ccc(C(=O)NCc3cccnc3)cc2C(=O)/C(=C/c2cccc(Cl)c2)S1=O. The summed E-state index contributed by atoms with van der Waals surface area (Å²) in [5, 5.41) is 3.34. The number of hydrogen-bond donors (Lipinski definition) is 1. The summed E-state index contributed by atoms with van der Waals surface area (Å²) in [5.74, 6) is -0.692. The van der Waals surface area contributed by atoms with Gasteiger partial charge in [-0.3, -0.25) is 18.9 Å². The Morgan fingerprint density at radius 3 is 2.77 bits per heavy atom. The topological polar surface area (TPSA) is 79.4 Å². The normalized spacial score (nSPS) is 16.8. The van der Waals surface area contributed by atoms with Crippen LogP contribution >= 0.6 is 11.6 Å². The van der Waals surface area contributed by atoms with Crippen LogP contribution in [0.1, 0.15) is 31.8 Å². The van der Waals surface area contributed by atoms with Gasteiger partial charge in [0.05, 0.1) is 5.69 Å². The van der Waals surface area contributed by atoms with E-state index in [1.54, 1.807) is 68.0 Å². The van der Waals surface area contributed by atoms with Gasteiger partial charge in [0.25, 0.3) is 5.91 Å². The first-order valence-corrected chi connectivity index (χ1v) is 10.9. The van der Waals surface area contributed by atoms with E-state index in [4.69, 9.17) is 11.6 Å². The van der Waals surface area contributed by atoms with E-state index in [1.165, 1.54) is 10.4 Å². The number of hydrogen-bond acceptors (Lipinski definition) is 4. The highest BCUT2D eigenvalue weighted by Crippen LogP contribution is 2.33. The summed E-state index contributed by atoms with van der Waals surface area (Å²) in [6.45, 7) is 0.321. The molecule has 0 saturated heterocycles. The number of pyridine rings is 1. The number of carbonyl (C=O) groups excluding carboxylic acids is 2. The van der Waals surface area contributed by atoms with E-state index in [9.17, 15) is 13.8 Å². The zero-order chi connectivity index (χ0) is 22.0. The Labute approximate surface area is 187 Å². The number of rotatable bonds is 4. The monoisotopic (exact) mass is 451 g/mol. The molecule has 0 bridgehead atoms. The average Bonchev–Trinajstić information content (AvgIpc) is 2.79. The fourth-order valence-corrected chi connectivity index (χ4v) is 4.57. The Morgan fingerprint density at radius 1 is 1.19 bits per heavy atom. The summed E-state index contributed by atoms with van der Waals surface area (Å²) < 4.78 is 14.4. The average molecular weight is 452 g/mol. The van der Waals surface area contributed by atoms with Crippen LogP contribution in [0.15, 0.2) is 71.9 Å². The van der Waals surface area contributed by atoms with Gasteiger partial charge in [-0.1, -0.05) is 29.8 Å². The third kappa shape index (κ3) is 4.42. The van der Waals surface area contributed by atoms with Gasteiger partial charge in [0.2, 0.25) is 5.78 Å². The molecule has 1 N–H and O–H groups in total. The zero-order valence-electron chi connectivity index (χ0n) is 16.5. The van der Waals surface area contributed by atoms with Crippen molar-refractivity contribution in [2.24, 2.45) is 0 Å². The number of allylic oxidation sites excluding steroid dienone is 1. The van der Waals surface area contributed by atoms with Gasteiger partial charge in [-0.05, 0) is 53.6 Å². The number of aromatic nitrogens is 1. The highest BCUT2D eigenvalue weighted by molar-refractivity contribution is 7.91. The molecule has 2 aromatic carbocycles. The quantitative estimate of drug-likeness (QED) is 0.608. The minimum atomic E-state index is -1.67. The molecule has 0 spiro atoms. The zero-order valence-corrected chi connectivity index (χ0v) is 18.1. The molecule has 1 aliphatic rings. The van der Waals surface area contributed by atoms with E-state index in [1.807, 2.05) is 6.07 Å². The van der Waals surface area contributed by atoms with E-state index in [0.29, 0.717) is 33.9 Å². The van der Waals surface area contributed by atoms with Crippen molar-refractivity contribution < 1.29 is 13.8 Å². The number of nitrogens with one attached hydrogen (secondary N) is 1. The second-order valence-corrected chi connectivity index (χ2v) is 8.84. The molecule has 1 aromatic heterocycles. The summed E-state index contributed by atoms with van der Waals surface area (Å²) in [4.78, 5) is 29.9. The second kappa shape index (κ2) is 8.83. The number of ketones is 1. The van der Waals surface area contributed by atoms with Gasteiger partial charge in [0, 0.05) is 42.1 Å².